The Morgan fingerprint density at radius 3 is 2.37 bits per heavy atom. The van der Waals surface area contributed by atoms with E-state index in [9.17, 15) is 14.0 Å². The minimum atomic E-state index is -0.966. The van der Waals surface area contributed by atoms with Crippen molar-refractivity contribution in [3.05, 3.63) is 35.6 Å². The maximum atomic E-state index is 12.7. The first-order valence-corrected chi connectivity index (χ1v) is 5.91. The largest absolute Gasteiger partial charge is 0.481 e. The zero-order chi connectivity index (χ0) is 14.4. The minimum Gasteiger partial charge on any atom is -0.481 e. The summed E-state index contributed by atoms with van der Waals surface area (Å²) in [5.74, 6) is -1.97. The lowest BCUT2D eigenvalue weighted by molar-refractivity contribution is -0.141. The Kier molecular flexibility index (Phi) is 5.29. The molecule has 0 aliphatic heterocycles. The van der Waals surface area contributed by atoms with Gasteiger partial charge in [-0.15, -0.1) is 0 Å². The van der Waals surface area contributed by atoms with Gasteiger partial charge < -0.3 is 15.7 Å². The van der Waals surface area contributed by atoms with Crippen LogP contribution in [0.5, 0.6) is 0 Å². The van der Waals surface area contributed by atoms with Crippen LogP contribution in [0.25, 0.3) is 0 Å². The summed E-state index contributed by atoms with van der Waals surface area (Å²) >= 11 is 0. The Balaban J connectivity index is 2.39. The number of carbonyl (C=O) groups is 2. The molecule has 0 aliphatic carbocycles. The van der Waals surface area contributed by atoms with Crippen molar-refractivity contribution in [3.63, 3.8) is 0 Å². The second kappa shape index (κ2) is 6.72. The molecule has 0 saturated carbocycles. The highest BCUT2D eigenvalue weighted by molar-refractivity contribution is 5.76. The molecule has 2 unspecified atom stereocenters. The zero-order valence-electron chi connectivity index (χ0n) is 10.8. The fourth-order valence-corrected chi connectivity index (χ4v) is 1.38. The van der Waals surface area contributed by atoms with Crippen molar-refractivity contribution in [2.75, 3.05) is 0 Å². The molecule has 5 nitrogen and oxygen atoms in total. The number of benzene rings is 1. The molecule has 1 rings (SSSR count). The topological polar surface area (TPSA) is 78.4 Å². The molecule has 0 radical (unpaired) electrons. The number of carboxylic acid groups (broad SMARTS) is 1. The van der Waals surface area contributed by atoms with E-state index in [0.29, 0.717) is 0 Å². The predicted molar refractivity (Wildman–Crippen MR) is 68.0 cm³/mol. The summed E-state index contributed by atoms with van der Waals surface area (Å²) in [6, 6.07) is 4.82. The van der Waals surface area contributed by atoms with Gasteiger partial charge in [-0.3, -0.25) is 4.79 Å². The Morgan fingerprint density at radius 1 is 1.26 bits per heavy atom. The van der Waals surface area contributed by atoms with Gasteiger partial charge in [0.25, 0.3) is 0 Å². The number of hydrogen-bond donors (Lipinski definition) is 3. The second-order valence-corrected chi connectivity index (χ2v) is 4.37. The highest BCUT2D eigenvalue weighted by atomic mass is 19.1. The summed E-state index contributed by atoms with van der Waals surface area (Å²) in [4.78, 5) is 22.3. The van der Waals surface area contributed by atoms with Gasteiger partial charge in [0, 0.05) is 12.6 Å². The normalized spacial score (nSPS) is 13.4. The van der Waals surface area contributed by atoms with Gasteiger partial charge in [0.15, 0.2) is 0 Å². The molecule has 0 aromatic heterocycles. The fourth-order valence-electron chi connectivity index (χ4n) is 1.38. The van der Waals surface area contributed by atoms with Gasteiger partial charge in [-0.1, -0.05) is 12.1 Å². The number of urea groups is 1. The molecule has 2 amide bonds. The van der Waals surface area contributed by atoms with Crippen LogP contribution < -0.4 is 10.6 Å². The van der Waals surface area contributed by atoms with Crippen LogP contribution in [0.3, 0.4) is 0 Å². The Morgan fingerprint density at radius 2 is 1.84 bits per heavy atom. The number of carbonyl (C=O) groups excluding carboxylic acids is 1. The van der Waals surface area contributed by atoms with Crippen LogP contribution in [-0.4, -0.2) is 23.1 Å². The zero-order valence-corrected chi connectivity index (χ0v) is 10.8. The maximum Gasteiger partial charge on any atom is 0.315 e. The maximum absolute atomic E-state index is 12.7. The number of hydrogen-bond acceptors (Lipinski definition) is 2. The predicted octanol–water partition coefficient (Wildman–Crippen LogP) is 1.73. The van der Waals surface area contributed by atoms with Gasteiger partial charge in [-0.2, -0.15) is 0 Å². The van der Waals surface area contributed by atoms with Crippen LogP contribution in [0.2, 0.25) is 0 Å². The van der Waals surface area contributed by atoms with E-state index in [0.717, 1.165) is 5.56 Å². The van der Waals surface area contributed by atoms with Crippen LogP contribution in [-0.2, 0) is 11.3 Å². The van der Waals surface area contributed by atoms with Crippen LogP contribution in [0, 0.1) is 11.7 Å². The summed E-state index contributed by atoms with van der Waals surface area (Å²) in [5, 5.41) is 13.9. The summed E-state index contributed by atoms with van der Waals surface area (Å²) in [6.45, 7) is 3.39. The highest BCUT2D eigenvalue weighted by Gasteiger charge is 2.20. The van der Waals surface area contributed by atoms with E-state index < -0.39 is 24.0 Å². The van der Waals surface area contributed by atoms with Crippen molar-refractivity contribution in [1.29, 1.82) is 0 Å². The smallest absolute Gasteiger partial charge is 0.315 e. The number of aliphatic carboxylic acids is 1. The summed E-state index contributed by atoms with van der Waals surface area (Å²) < 4.78 is 12.7. The van der Waals surface area contributed by atoms with Crippen LogP contribution in [0.15, 0.2) is 24.3 Å². The highest BCUT2D eigenvalue weighted by Crippen LogP contribution is 2.03. The average molecular weight is 268 g/mol. The van der Waals surface area contributed by atoms with E-state index in [1.165, 1.54) is 19.1 Å². The minimum absolute atomic E-state index is 0.250. The lowest BCUT2D eigenvalue weighted by Gasteiger charge is -2.18. The average Bonchev–Trinajstić information content (AvgIpc) is 2.37. The molecule has 0 saturated heterocycles. The SMILES string of the molecule is CC(NC(=O)NCc1ccc(F)cc1)C(C)C(=O)O. The Hall–Kier alpha value is -2.11. The molecule has 0 bridgehead atoms. The molecule has 6 heteroatoms. The van der Waals surface area contributed by atoms with Gasteiger partial charge in [0.05, 0.1) is 5.92 Å². The number of amides is 2. The molecule has 0 heterocycles. The van der Waals surface area contributed by atoms with Crippen LogP contribution in [0.4, 0.5) is 9.18 Å². The lowest BCUT2D eigenvalue weighted by Crippen LogP contribution is -2.45. The molecule has 104 valence electrons. The van der Waals surface area contributed by atoms with E-state index in [1.807, 2.05) is 0 Å². The molecule has 0 fully saturated rings. The molecule has 2 atom stereocenters. The van der Waals surface area contributed by atoms with Crippen molar-refractivity contribution in [1.82, 2.24) is 10.6 Å². The quantitative estimate of drug-likeness (QED) is 0.761. The first-order valence-electron chi connectivity index (χ1n) is 5.91. The third-order valence-corrected chi connectivity index (χ3v) is 2.86. The van der Waals surface area contributed by atoms with Crippen molar-refractivity contribution < 1.29 is 19.1 Å². The Labute approximate surface area is 110 Å². The number of carboxylic acids is 1. The molecular formula is C13H17FN2O3. The first kappa shape index (κ1) is 14.9. The third-order valence-electron chi connectivity index (χ3n) is 2.86. The van der Waals surface area contributed by atoms with E-state index >= 15 is 0 Å². The fraction of sp³-hybridized carbons (Fsp3) is 0.385. The van der Waals surface area contributed by atoms with E-state index in [2.05, 4.69) is 10.6 Å². The number of rotatable bonds is 5. The van der Waals surface area contributed by atoms with Gasteiger partial charge in [0.1, 0.15) is 5.82 Å². The van der Waals surface area contributed by atoms with Gasteiger partial charge in [-0.25, -0.2) is 9.18 Å². The molecule has 3 N–H and O–H groups in total. The van der Waals surface area contributed by atoms with E-state index in [4.69, 9.17) is 5.11 Å². The first-order chi connectivity index (χ1) is 8.90. The third kappa shape index (κ3) is 4.95. The summed E-state index contributed by atoms with van der Waals surface area (Å²) in [5.41, 5.74) is 0.760. The summed E-state index contributed by atoms with van der Waals surface area (Å²) in [6.07, 6.45) is 0. The van der Waals surface area contributed by atoms with Crippen molar-refractivity contribution >= 4 is 12.0 Å². The molecule has 0 spiro atoms. The van der Waals surface area contributed by atoms with Crippen molar-refractivity contribution in [3.8, 4) is 0 Å². The van der Waals surface area contributed by atoms with Crippen molar-refractivity contribution in [2.45, 2.75) is 26.4 Å². The monoisotopic (exact) mass is 268 g/mol. The van der Waals surface area contributed by atoms with E-state index in [1.54, 1.807) is 19.1 Å². The number of nitrogens with one attached hydrogen (secondary N) is 2. The molecule has 1 aromatic rings. The van der Waals surface area contributed by atoms with Gasteiger partial charge >= 0.3 is 12.0 Å². The second-order valence-electron chi connectivity index (χ2n) is 4.37. The van der Waals surface area contributed by atoms with Crippen LogP contribution in [0.1, 0.15) is 19.4 Å². The van der Waals surface area contributed by atoms with Crippen LogP contribution >= 0.6 is 0 Å². The van der Waals surface area contributed by atoms with Gasteiger partial charge in [-0.05, 0) is 31.5 Å². The van der Waals surface area contributed by atoms with E-state index in [-0.39, 0.29) is 12.4 Å². The number of halogens is 1. The molecule has 19 heavy (non-hydrogen) atoms. The molecule has 0 aliphatic rings. The standard InChI is InChI=1S/C13H17FN2O3/c1-8(12(17)18)9(2)16-13(19)15-7-10-3-5-11(14)6-4-10/h3-6,8-9H,7H2,1-2H3,(H,17,18)(H2,15,16,19). The Bertz CT molecular complexity index is 448. The van der Waals surface area contributed by atoms with Crippen molar-refractivity contribution in [2.24, 2.45) is 5.92 Å². The lowest BCUT2D eigenvalue weighted by atomic mass is 10.0. The van der Waals surface area contributed by atoms with Gasteiger partial charge in [0.2, 0.25) is 0 Å². The molecular weight excluding hydrogens is 251 g/mol. The molecule has 1 aromatic carbocycles. The summed E-state index contributed by atoms with van der Waals surface area (Å²) in [7, 11) is 0.